The fourth-order valence-electron chi connectivity index (χ4n) is 1.71. The van der Waals surface area contributed by atoms with Gasteiger partial charge in [0.25, 0.3) is 0 Å². The maximum atomic E-state index is 9.08. The van der Waals surface area contributed by atoms with Crippen LogP contribution in [0.1, 0.15) is 17.2 Å². The first-order valence-corrected chi connectivity index (χ1v) is 5.80. The SMILES string of the molecule is NCC(Oc1cccc(CO)c1)c1ccncc1. The Hall–Kier alpha value is -1.91. The lowest BCUT2D eigenvalue weighted by atomic mass is 10.1. The number of pyridine rings is 1. The van der Waals surface area contributed by atoms with E-state index < -0.39 is 0 Å². The van der Waals surface area contributed by atoms with Crippen molar-refractivity contribution in [2.24, 2.45) is 5.73 Å². The standard InChI is InChI=1S/C14H16N2O2/c15-9-14(12-4-6-16-7-5-12)18-13-3-1-2-11(8-13)10-17/h1-8,14,17H,9-10,15H2. The molecule has 0 aliphatic carbocycles. The van der Waals surface area contributed by atoms with Crippen LogP contribution in [0.15, 0.2) is 48.8 Å². The number of aromatic nitrogens is 1. The second-order valence-corrected chi connectivity index (χ2v) is 3.93. The van der Waals surface area contributed by atoms with Crippen molar-refractivity contribution in [3.63, 3.8) is 0 Å². The Bertz CT molecular complexity index is 488. The molecular formula is C14H16N2O2. The molecule has 1 aromatic carbocycles. The highest BCUT2D eigenvalue weighted by molar-refractivity contribution is 5.29. The van der Waals surface area contributed by atoms with Crippen molar-refractivity contribution < 1.29 is 9.84 Å². The number of nitrogens with zero attached hydrogens (tertiary/aromatic N) is 1. The number of hydrogen-bond acceptors (Lipinski definition) is 4. The molecule has 0 saturated heterocycles. The predicted molar refractivity (Wildman–Crippen MR) is 69.0 cm³/mol. The lowest BCUT2D eigenvalue weighted by Gasteiger charge is -2.18. The van der Waals surface area contributed by atoms with E-state index >= 15 is 0 Å². The van der Waals surface area contributed by atoms with Crippen molar-refractivity contribution in [1.29, 1.82) is 0 Å². The number of aliphatic hydroxyl groups excluding tert-OH is 1. The van der Waals surface area contributed by atoms with Gasteiger partial charge in [0.15, 0.2) is 0 Å². The van der Waals surface area contributed by atoms with Crippen LogP contribution in [-0.4, -0.2) is 16.6 Å². The van der Waals surface area contributed by atoms with Gasteiger partial charge in [0.2, 0.25) is 0 Å². The Labute approximate surface area is 106 Å². The molecule has 0 spiro atoms. The molecule has 0 amide bonds. The number of rotatable bonds is 5. The lowest BCUT2D eigenvalue weighted by molar-refractivity contribution is 0.213. The van der Waals surface area contributed by atoms with Crippen LogP contribution in [0.25, 0.3) is 0 Å². The molecule has 0 fully saturated rings. The highest BCUT2D eigenvalue weighted by atomic mass is 16.5. The lowest BCUT2D eigenvalue weighted by Crippen LogP contribution is -2.18. The van der Waals surface area contributed by atoms with Gasteiger partial charge in [-0.15, -0.1) is 0 Å². The minimum atomic E-state index is -0.207. The number of benzene rings is 1. The summed E-state index contributed by atoms with van der Waals surface area (Å²) < 4.78 is 5.83. The Balaban J connectivity index is 2.15. The monoisotopic (exact) mass is 244 g/mol. The number of hydrogen-bond donors (Lipinski definition) is 2. The molecule has 0 radical (unpaired) electrons. The third-order valence-electron chi connectivity index (χ3n) is 2.65. The maximum Gasteiger partial charge on any atom is 0.136 e. The van der Waals surface area contributed by atoms with E-state index in [1.54, 1.807) is 12.4 Å². The number of nitrogens with two attached hydrogens (primary N) is 1. The van der Waals surface area contributed by atoms with Crippen LogP contribution >= 0.6 is 0 Å². The third-order valence-corrected chi connectivity index (χ3v) is 2.65. The highest BCUT2D eigenvalue weighted by Crippen LogP contribution is 2.21. The summed E-state index contributed by atoms with van der Waals surface area (Å²) in [5.74, 6) is 0.703. The van der Waals surface area contributed by atoms with E-state index in [1.807, 2.05) is 36.4 Å². The van der Waals surface area contributed by atoms with Crippen molar-refractivity contribution in [3.05, 3.63) is 59.9 Å². The first kappa shape index (κ1) is 12.5. The molecule has 1 aromatic heterocycles. The van der Waals surface area contributed by atoms with Gasteiger partial charge in [0.1, 0.15) is 11.9 Å². The van der Waals surface area contributed by atoms with Crippen LogP contribution in [0.4, 0.5) is 0 Å². The minimum Gasteiger partial charge on any atom is -0.484 e. The molecule has 18 heavy (non-hydrogen) atoms. The Morgan fingerprint density at radius 1 is 1.22 bits per heavy atom. The zero-order chi connectivity index (χ0) is 12.8. The van der Waals surface area contributed by atoms with Gasteiger partial charge in [-0.1, -0.05) is 12.1 Å². The zero-order valence-corrected chi connectivity index (χ0v) is 9.99. The smallest absolute Gasteiger partial charge is 0.136 e. The molecule has 1 unspecified atom stereocenters. The quantitative estimate of drug-likeness (QED) is 0.839. The van der Waals surface area contributed by atoms with E-state index in [-0.39, 0.29) is 12.7 Å². The van der Waals surface area contributed by atoms with E-state index in [0.29, 0.717) is 12.3 Å². The normalized spacial score (nSPS) is 12.1. The average Bonchev–Trinajstić information content (AvgIpc) is 2.46. The van der Waals surface area contributed by atoms with Gasteiger partial charge in [-0.3, -0.25) is 4.98 Å². The van der Waals surface area contributed by atoms with E-state index in [2.05, 4.69) is 4.98 Å². The van der Waals surface area contributed by atoms with Gasteiger partial charge in [-0.2, -0.15) is 0 Å². The topological polar surface area (TPSA) is 68.4 Å². The summed E-state index contributed by atoms with van der Waals surface area (Å²) >= 11 is 0. The zero-order valence-electron chi connectivity index (χ0n) is 9.99. The van der Waals surface area contributed by atoms with Gasteiger partial charge in [0.05, 0.1) is 6.61 Å². The summed E-state index contributed by atoms with van der Waals surface area (Å²) in [6.07, 6.45) is 3.22. The molecule has 0 aliphatic heterocycles. The van der Waals surface area contributed by atoms with E-state index in [9.17, 15) is 0 Å². The van der Waals surface area contributed by atoms with Crippen LogP contribution in [0.5, 0.6) is 5.75 Å². The highest BCUT2D eigenvalue weighted by Gasteiger charge is 2.11. The fourth-order valence-corrected chi connectivity index (χ4v) is 1.71. The minimum absolute atomic E-state index is 0.000249. The molecule has 1 heterocycles. The van der Waals surface area contributed by atoms with Crippen molar-refractivity contribution in [2.45, 2.75) is 12.7 Å². The number of aliphatic hydroxyl groups is 1. The second kappa shape index (κ2) is 6.14. The average molecular weight is 244 g/mol. The van der Waals surface area contributed by atoms with Gasteiger partial charge >= 0.3 is 0 Å². The summed E-state index contributed by atoms with van der Waals surface area (Å²) in [4.78, 5) is 3.97. The molecule has 94 valence electrons. The van der Waals surface area contributed by atoms with Crippen LogP contribution in [0.3, 0.4) is 0 Å². The third kappa shape index (κ3) is 3.06. The maximum absolute atomic E-state index is 9.08. The van der Waals surface area contributed by atoms with E-state index in [0.717, 1.165) is 11.1 Å². The Morgan fingerprint density at radius 2 is 2.00 bits per heavy atom. The summed E-state index contributed by atoms with van der Waals surface area (Å²) in [5, 5.41) is 9.08. The molecule has 3 N–H and O–H groups in total. The first-order valence-electron chi connectivity index (χ1n) is 5.80. The molecule has 1 atom stereocenters. The fraction of sp³-hybridized carbons (Fsp3) is 0.214. The summed E-state index contributed by atoms with van der Waals surface area (Å²) in [7, 11) is 0. The van der Waals surface area contributed by atoms with Crippen LogP contribution in [-0.2, 0) is 6.61 Å². The molecule has 4 nitrogen and oxygen atoms in total. The van der Waals surface area contributed by atoms with Gasteiger partial charge in [-0.05, 0) is 35.4 Å². The van der Waals surface area contributed by atoms with Crippen LogP contribution in [0.2, 0.25) is 0 Å². The molecule has 2 rings (SSSR count). The van der Waals surface area contributed by atoms with E-state index in [4.69, 9.17) is 15.6 Å². The van der Waals surface area contributed by atoms with E-state index in [1.165, 1.54) is 0 Å². The van der Waals surface area contributed by atoms with Crippen molar-refractivity contribution in [2.75, 3.05) is 6.54 Å². The van der Waals surface area contributed by atoms with Crippen LogP contribution < -0.4 is 10.5 Å². The summed E-state index contributed by atoms with van der Waals surface area (Å²) in [6.45, 7) is 0.382. The molecule has 0 saturated carbocycles. The first-order chi connectivity index (χ1) is 8.83. The summed E-state index contributed by atoms with van der Waals surface area (Å²) in [5.41, 5.74) is 7.53. The largest absolute Gasteiger partial charge is 0.484 e. The molecule has 0 aliphatic rings. The van der Waals surface area contributed by atoms with Crippen molar-refractivity contribution in [1.82, 2.24) is 4.98 Å². The Morgan fingerprint density at radius 3 is 2.67 bits per heavy atom. The Kier molecular flexibility index (Phi) is 4.28. The van der Waals surface area contributed by atoms with Crippen LogP contribution in [0, 0.1) is 0 Å². The molecule has 2 aromatic rings. The molecule has 4 heteroatoms. The number of ether oxygens (including phenoxy) is 1. The molecular weight excluding hydrogens is 228 g/mol. The van der Waals surface area contributed by atoms with Gasteiger partial charge in [0, 0.05) is 18.9 Å². The summed E-state index contributed by atoms with van der Waals surface area (Å²) in [6, 6.07) is 11.1. The van der Waals surface area contributed by atoms with Crippen molar-refractivity contribution in [3.8, 4) is 5.75 Å². The van der Waals surface area contributed by atoms with Crippen molar-refractivity contribution >= 4 is 0 Å². The van der Waals surface area contributed by atoms with Gasteiger partial charge in [-0.25, -0.2) is 0 Å². The second-order valence-electron chi connectivity index (χ2n) is 3.93. The van der Waals surface area contributed by atoms with Gasteiger partial charge < -0.3 is 15.6 Å². The predicted octanol–water partition coefficient (Wildman–Crippen LogP) is 1.65. The molecule has 0 bridgehead atoms.